The number of likely N-dealkylation sites (N-methyl/N-ethyl adjacent to an activating group) is 1. The van der Waals surface area contributed by atoms with Crippen molar-refractivity contribution < 1.29 is 35.4 Å². The Morgan fingerprint density at radius 3 is 2.19 bits per heavy atom. The number of carboxylic acids is 1. The van der Waals surface area contributed by atoms with Crippen molar-refractivity contribution in [2.24, 2.45) is 0 Å². The van der Waals surface area contributed by atoms with Gasteiger partial charge in [-0.25, -0.2) is 0 Å². The van der Waals surface area contributed by atoms with E-state index in [2.05, 4.69) is 10.3 Å². The van der Waals surface area contributed by atoms with Crippen LogP contribution < -0.4 is 10.7 Å². The maximum atomic E-state index is 11.6. The van der Waals surface area contributed by atoms with Crippen molar-refractivity contribution in [3.8, 4) is 11.3 Å². The number of aliphatic hydroxyl groups excluding tert-OH is 5. The Morgan fingerprint density at radius 1 is 1.00 bits per heavy atom. The van der Waals surface area contributed by atoms with Crippen LogP contribution in [0.4, 0.5) is 0 Å². The second-order valence-electron chi connectivity index (χ2n) is 6.95. The van der Waals surface area contributed by atoms with Gasteiger partial charge in [-0.05, 0) is 36.7 Å². The van der Waals surface area contributed by atoms with E-state index in [0.29, 0.717) is 0 Å². The first-order valence-electron chi connectivity index (χ1n) is 9.80. The number of aliphatic hydroxyl groups is 5. The van der Waals surface area contributed by atoms with Crippen molar-refractivity contribution in [1.82, 2.24) is 10.3 Å². The van der Waals surface area contributed by atoms with Gasteiger partial charge in [-0.2, -0.15) is 0 Å². The zero-order valence-corrected chi connectivity index (χ0v) is 17.8. The van der Waals surface area contributed by atoms with E-state index in [1.165, 1.54) is 0 Å². The average Bonchev–Trinajstić information content (AvgIpc) is 2.77. The lowest BCUT2D eigenvalue weighted by Gasteiger charge is -2.25. The molecule has 0 bridgehead atoms. The highest BCUT2D eigenvalue weighted by Gasteiger charge is 2.29. The molecule has 10 heteroatoms. The molecule has 0 aromatic heterocycles. The van der Waals surface area contributed by atoms with Crippen LogP contribution in [0.3, 0.4) is 0 Å². The lowest BCUT2D eigenvalue weighted by atomic mass is 10.0. The summed E-state index contributed by atoms with van der Waals surface area (Å²) < 4.78 is 0. The summed E-state index contributed by atoms with van der Waals surface area (Å²) in [6.07, 6.45) is -5.65. The van der Waals surface area contributed by atoms with Crippen LogP contribution in [0.5, 0.6) is 0 Å². The smallest absolute Gasteiger partial charge is 0.300 e. The van der Waals surface area contributed by atoms with Gasteiger partial charge in [-0.15, -0.1) is 0 Å². The van der Waals surface area contributed by atoms with E-state index in [9.17, 15) is 9.90 Å². The fraction of sp³-hybridized carbons (Fsp3) is 0.364. The first kappa shape index (κ1) is 27.2. The summed E-state index contributed by atoms with van der Waals surface area (Å²) in [5, 5.41) is 56.0. The number of para-hydroxylation sites is 1. The molecule has 4 atom stereocenters. The van der Waals surface area contributed by atoms with Crippen LogP contribution in [0.2, 0.25) is 0 Å². The van der Waals surface area contributed by atoms with E-state index in [-0.39, 0.29) is 12.0 Å². The second-order valence-corrected chi connectivity index (χ2v) is 6.95. The summed E-state index contributed by atoms with van der Waals surface area (Å²) in [5.41, 5.74) is 2.75. The topological polar surface area (TPSA) is 183 Å². The fourth-order valence-electron chi connectivity index (χ4n) is 2.73. The Hall–Kier alpha value is -2.86. The van der Waals surface area contributed by atoms with E-state index in [1.807, 2.05) is 36.4 Å². The van der Waals surface area contributed by atoms with Crippen LogP contribution in [0.15, 0.2) is 53.3 Å². The molecule has 0 saturated heterocycles. The highest BCUT2D eigenvalue weighted by atomic mass is 16.4. The normalized spacial score (nSPS) is 14.3. The van der Waals surface area contributed by atoms with E-state index in [4.69, 9.17) is 30.3 Å². The van der Waals surface area contributed by atoms with E-state index in [1.54, 1.807) is 19.2 Å². The maximum absolute atomic E-state index is 11.6. The van der Waals surface area contributed by atoms with E-state index in [0.717, 1.165) is 29.1 Å². The van der Waals surface area contributed by atoms with Gasteiger partial charge in [0.1, 0.15) is 18.3 Å². The molecule has 0 saturated carbocycles. The first-order valence-corrected chi connectivity index (χ1v) is 9.80. The SMILES string of the molecule is CC(=O)O.CNC[C@H](O)[C@@H](O)[C@H](O)[C@H](O)CO.O=c1cccc2[nH]c3ccccc3cc1-2. The molecule has 3 rings (SSSR count). The third-order valence-electron chi connectivity index (χ3n) is 4.33. The third-order valence-corrected chi connectivity index (χ3v) is 4.33. The number of rotatable bonds is 6. The Morgan fingerprint density at radius 2 is 1.59 bits per heavy atom. The molecule has 1 aliphatic carbocycles. The number of carbonyl (C=O) groups is 1. The number of H-pyrrole nitrogens is 1. The van der Waals surface area contributed by atoms with Crippen LogP contribution in [0, 0.1) is 0 Å². The molecule has 0 spiro atoms. The van der Waals surface area contributed by atoms with Gasteiger partial charge in [0.05, 0.1) is 12.7 Å². The minimum atomic E-state index is -1.55. The molecule has 0 radical (unpaired) electrons. The molecule has 1 aromatic carbocycles. The highest BCUT2D eigenvalue weighted by Crippen LogP contribution is 2.21. The van der Waals surface area contributed by atoms with Crippen molar-refractivity contribution in [1.29, 1.82) is 0 Å². The largest absolute Gasteiger partial charge is 0.481 e. The molecule has 2 aliphatic rings. The lowest BCUT2D eigenvalue weighted by Crippen LogP contribution is -2.48. The van der Waals surface area contributed by atoms with Gasteiger partial charge in [0.25, 0.3) is 5.97 Å². The summed E-state index contributed by atoms with van der Waals surface area (Å²) in [6.45, 7) is 0.515. The summed E-state index contributed by atoms with van der Waals surface area (Å²) in [6, 6.07) is 15.2. The molecular formula is C22H30N2O8. The zero-order valence-electron chi connectivity index (χ0n) is 17.8. The fourth-order valence-corrected chi connectivity index (χ4v) is 2.73. The van der Waals surface area contributed by atoms with Gasteiger partial charge in [-0.3, -0.25) is 9.59 Å². The van der Waals surface area contributed by atoms with Gasteiger partial charge in [0.2, 0.25) is 0 Å². The summed E-state index contributed by atoms with van der Waals surface area (Å²) in [4.78, 5) is 23.9. The number of hydrogen-bond donors (Lipinski definition) is 8. The molecular weight excluding hydrogens is 420 g/mol. The predicted octanol–water partition coefficient (Wildman–Crippen LogP) is -0.634. The highest BCUT2D eigenvalue weighted by molar-refractivity contribution is 5.85. The standard InChI is InChI=1S/C13H9NO.C7H17NO5.C2H4O2/c15-13-7-3-6-12-10(13)8-9-4-1-2-5-11(9)14-12;1-8-2-4(10)6(12)7(13)5(11)3-9;1-2(3)4/h1-8,14H;4-13H,2-3H2,1H3;1H3,(H,3,4)/t;4-,5+,6+,7+;/m.0./s1. The van der Waals surface area contributed by atoms with Gasteiger partial charge in [0.15, 0.2) is 5.43 Å². The monoisotopic (exact) mass is 450 g/mol. The van der Waals surface area contributed by atoms with Crippen molar-refractivity contribution in [2.45, 2.75) is 31.3 Å². The molecule has 1 heterocycles. The number of nitrogens with one attached hydrogen (secondary N) is 2. The minimum absolute atomic E-state index is 0.0644. The van der Waals surface area contributed by atoms with Gasteiger partial charge >= 0.3 is 0 Å². The molecule has 1 aromatic rings. The van der Waals surface area contributed by atoms with Crippen molar-refractivity contribution in [2.75, 3.05) is 20.2 Å². The Bertz CT molecular complexity index is 989. The molecule has 176 valence electrons. The number of aromatic amines is 1. The third kappa shape index (κ3) is 8.35. The molecule has 0 fully saturated rings. The van der Waals surface area contributed by atoms with Crippen molar-refractivity contribution >= 4 is 16.9 Å². The number of fused-ring (bicyclic) bond motifs is 2. The zero-order chi connectivity index (χ0) is 24.3. The van der Waals surface area contributed by atoms with Crippen molar-refractivity contribution in [3.05, 3.63) is 58.8 Å². The summed E-state index contributed by atoms with van der Waals surface area (Å²) >= 11 is 0. The van der Waals surface area contributed by atoms with Crippen LogP contribution in [-0.4, -0.2) is 86.2 Å². The Balaban J connectivity index is 0.000000278. The summed E-state index contributed by atoms with van der Waals surface area (Å²) in [7, 11) is 1.57. The minimum Gasteiger partial charge on any atom is -0.481 e. The number of aromatic nitrogens is 1. The Labute approximate surface area is 184 Å². The quantitative estimate of drug-likeness (QED) is 0.226. The Kier molecular flexibility index (Phi) is 11.5. The van der Waals surface area contributed by atoms with Crippen LogP contribution in [-0.2, 0) is 4.79 Å². The average molecular weight is 450 g/mol. The van der Waals surface area contributed by atoms with Gasteiger partial charge in [0, 0.05) is 30.2 Å². The maximum Gasteiger partial charge on any atom is 0.300 e. The van der Waals surface area contributed by atoms with Crippen LogP contribution in [0.1, 0.15) is 6.92 Å². The summed E-state index contributed by atoms with van der Waals surface area (Å²) in [5.74, 6) is -0.833. The molecule has 10 nitrogen and oxygen atoms in total. The van der Waals surface area contributed by atoms with Crippen LogP contribution >= 0.6 is 0 Å². The molecule has 0 unspecified atom stereocenters. The van der Waals surface area contributed by atoms with Gasteiger partial charge < -0.3 is 40.9 Å². The van der Waals surface area contributed by atoms with Crippen molar-refractivity contribution in [3.63, 3.8) is 0 Å². The number of hydrogen-bond acceptors (Lipinski definition) is 8. The number of benzene rings is 2. The number of aliphatic carboxylic acids is 1. The molecule has 1 aliphatic heterocycles. The molecule has 8 N–H and O–H groups in total. The van der Waals surface area contributed by atoms with E-state index < -0.39 is 37.0 Å². The molecule has 32 heavy (non-hydrogen) atoms. The molecule has 0 amide bonds. The number of carboxylic acid groups (broad SMARTS) is 1. The van der Waals surface area contributed by atoms with Gasteiger partial charge in [-0.1, -0.05) is 24.3 Å². The second kappa shape index (κ2) is 13.5. The van der Waals surface area contributed by atoms with Crippen LogP contribution in [0.25, 0.3) is 22.2 Å². The predicted molar refractivity (Wildman–Crippen MR) is 120 cm³/mol. The first-order chi connectivity index (χ1) is 15.1. The van der Waals surface area contributed by atoms with E-state index >= 15 is 0 Å². The number of pyridine rings is 1. The lowest BCUT2D eigenvalue weighted by molar-refractivity contribution is -0.134.